The molecule has 5 rings (SSSR count). The van der Waals surface area contributed by atoms with Crippen LogP contribution in [0.4, 0.5) is 13.2 Å². The maximum atomic E-state index is 14.0. The molecular formula is C39H35F3N2O5S. The quantitative estimate of drug-likeness (QED) is 0.114. The van der Waals surface area contributed by atoms with E-state index in [1.165, 1.54) is 35.2 Å². The van der Waals surface area contributed by atoms with Gasteiger partial charge in [-0.25, -0.2) is 13.7 Å². The van der Waals surface area contributed by atoms with Gasteiger partial charge in [0, 0.05) is 18.7 Å². The summed E-state index contributed by atoms with van der Waals surface area (Å²) in [5.41, 5.74) is 3.40. The Morgan fingerprint density at radius 3 is 1.84 bits per heavy atom. The number of rotatable bonds is 13. The van der Waals surface area contributed by atoms with Gasteiger partial charge in [0.15, 0.2) is 0 Å². The molecule has 5 aromatic rings. The van der Waals surface area contributed by atoms with Crippen LogP contribution in [0.15, 0.2) is 132 Å². The number of carboxylic acids is 1. The average Bonchev–Trinajstić information content (AvgIpc) is 3.12. The number of nitrogens with zero attached hydrogens (tertiary/aromatic N) is 1. The van der Waals surface area contributed by atoms with Crippen LogP contribution >= 0.6 is 0 Å². The summed E-state index contributed by atoms with van der Waals surface area (Å²) < 4.78 is 55.5. The zero-order valence-corrected chi connectivity index (χ0v) is 27.7. The largest absolute Gasteiger partial charge is 0.478 e. The maximum Gasteiger partial charge on any atom is 0.416 e. The molecule has 0 saturated heterocycles. The van der Waals surface area contributed by atoms with E-state index in [1.807, 2.05) is 54.6 Å². The second-order valence-corrected chi connectivity index (χ2v) is 13.7. The molecule has 7 nitrogen and oxygen atoms in total. The molecule has 1 unspecified atom stereocenters. The van der Waals surface area contributed by atoms with Crippen LogP contribution in [0.2, 0.25) is 0 Å². The van der Waals surface area contributed by atoms with Gasteiger partial charge < -0.3 is 15.1 Å². The number of alkyl halides is 3. The molecule has 0 aliphatic heterocycles. The van der Waals surface area contributed by atoms with Gasteiger partial charge in [0.05, 0.1) is 38.4 Å². The molecule has 0 aliphatic carbocycles. The Morgan fingerprint density at radius 1 is 0.760 bits per heavy atom. The molecule has 0 aromatic heterocycles. The standard InChI is InChI=1S/C39H35F3N2O5S/c1-50(49,36-10-6-5-9-35(36)38(47)48)43-23-24-44(34(26-45)25-27-11-13-29(14-12-27)28-7-3-2-4-8-28)37(46)32-17-15-30(16-18-32)31-19-21-33(22-20-31)39(40,41)42/h2-22,34,45H,1,23-26H2,(H,43,49)(H,47,48)/t34-,50?/m0/s1. The van der Waals surface area contributed by atoms with Crippen molar-refractivity contribution >= 4 is 27.5 Å². The Bertz CT molecular complexity index is 2030. The number of aliphatic hydroxyl groups excluding tert-OH is 1. The third kappa shape index (κ3) is 8.67. The van der Waals surface area contributed by atoms with Gasteiger partial charge in [-0.3, -0.25) is 4.79 Å². The van der Waals surface area contributed by atoms with Gasteiger partial charge in [-0.2, -0.15) is 13.2 Å². The van der Waals surface area contributed by atoms with Crippen LogP contribution in [-0.4, -0.2) is 62.8 Å². The lowest BCUT2D eigenvalue weighted by Crippen LogP contribution is -2.47. The van der Waals surface area contributed by atoms with Crippen LogP contribution in [0.25, 0.3) is 22.3 Å². The molecule has 11 heteroatoms. The van der Waals surface area contributed by atoms with E-state index in [-0.39, 0.29) is 29.1 Å². The van der Waals surface area contributed by atoms with E-state index in [0.29, 0.717) is 17.5 Å². The Kier molecular flexibility index (Phi) is 11.2. The van der Waals surface area contributed by atoms with Crippen LogP contribution in [0.5, 0.6) is 0 Å². The number of nitrogens with one attached hydrogen (secondary N) is 1. The molecule has 0 fully saturated rings. The Balaban J connectivity index is 1.39. The van der Waals surface area contributed by atoms with E-state index in [1.54, 1.807) is 30.3 Å². The highest BCUT2D eigenvalue weighted by atomic mass is 32.2. The van der Waals surface area contributed by atoms with Crippen molar-refractivity contribution in [3.8, 4) is 22.3 Å². The van der Waals surface area contributed by atoms with Crippen molar-refractivity contribution in [1.82, 2.24) is 9.62 Å². The minimum atomic E-state index is -4.46. The first-order valence-corrected chi connectivity index (χ1v) is 17.4. The number of benzene rings is 5. The zero-order valence-electron chi connectivity index (χ0n) is 26.8. The number of aliphatic hydroxyl groups is 1. The summed E-state index contributed by atoms with van der Waals surface area (Å²) in [6.07, 6.45) is -4.16. The molecule has 50 heavy (non-hydrogen) atoms. The maximum absolute atomic E-state index is 14.0. The number of carbonyl (C=O) groups is 2. The third-order valence-electron chi connectivity index (χ3n) is 8.28. The van der Waals surface area contributed by atoms with Gasteiger partial charge in [-0.1, -0.05) is 91.0 Å². The molecule has 3 N–H and O–H groups in total. The molecule has 1 amide bonds. The first-order chi connectivity index (χ1) is 23.9. The fourth-order valence-corrected chi connectivity index (χ4v) is 7.01. The summed E-state index contributed by atoms with van der Waals surface area (Å²) in [4.78, 5) is 27.3. The average molecular weight is 701 g/mol. The van der Waals surface area contributed by atoms with Gasteiger partial charge in [0.25, 0.3) is 5.91 Å². The lowest BCUT2D eigenvalue weighted by Gasteiger charge is -2.31. The predicted molar refractivity (Wildman–Crippen MR) is 189 cm³/mol. The number of carbonyl (C=O) groups excluding carboxylic acids is 1. The highest BCUT2D eigenvalue weighted by Gasteiger charge is 2.30. The van der Waals surface area contributed by atoms with E-state index < -0.39 is 46.0 Å². The number of carboxylic acid groups (broad SMARTS) is 1. The van der Waals surface area contributed by atoms with Crippen molar-refractivity contribution in [3.05, 3.63) is 150 Å². The number of hydrogen-bond donors (Lipinski definition) is 3. The lowest BCUT2D eigenvalue weighted by molar-refractivity contribution is -0.137. The van der Waals surface area contributed by atoms with Crippen molar-refractivity contribution in [2.45, 2.75) is 23.5 Å². The van der Waals surface area contributed by atoms with Gasteiger partial charge in [-0.05, 0) is 76.5 Å². The Labute approximate surface area is 288 Å². The summed E-state index contributed by atoms with van der Waals surface area (Å²) in [6, 6.07) is 33.8. The summed E-state index contributed by atoms with van der Waals surface area (Å²) in [7, 11) is -3.29. The van der Waals surface area contributed by atoms with Gasteiger partial charge >= 0.3 is 12.1 Å². The van der Waals surface area contributed by atoms with E-state index in [9.17, 15) is 37.2 Å². The van der Waals surface area contributed by atoms with Gasteiger partial charge in [0.2, 0.25) is 0 Å². The first kappa shape index (κ1) is 36.1. The molecule has 0 radical (unpaired) electrons. The van der Waals surface area contributed by atoms with E-state index in [2.05, 4.69) is 10.6 Å². The van der Waals surface area contributed by atoms with Crippen LogP contribution in [0, 0.1) is 0 Å². The summed E-state index contributed by atoms with van der Waals surface area (Å²) in [5.74, 6) is 2.05. The van der Waals surface area contributed by atoms with Gasteiger partial charge in [-0.15, -0.1) is 0 Å². The molecular weight excluding hydrogens is 665 g/mol. The topological polar surface area (TPSA) is 107 Å². The molecule has 5 aromatic carbocycles. The van der Waals surface area contributed by atoms with Crippen LogP contribution in [0.1, 0.15) is 31.8 Å². The predicted octanol–water partition coefficient (Wildman–Crippen LogP) is 7.06. The summed E-state index contributed by atoms with van der Waals surface area (Å²) >= 11 is 0. The monoisotopic (exact) mass is 700 g/mol. The minimum absolute atomic E-state index is 0.0152. The summed E-state index contributed by atoms with van der Waals surface area (Å²) in [5, 5.41) is 20.2. The number of aromatic carboxylic acids is 1. The SMILES string of the molecule is C=S(=O)(NCCN(C(=O)c1ccc(-c2ccc(C(F)(F)F)cc2)cc1)[C@H](CO)Cc1ccc(-c2ccccc2)cc1)c1ccccc1C(=O)O. The third-order valence-corrected chi connectivity index (χ3v) is 10.0. The molecule has 0 saturated carbocycles. The minimum Gasteiger partial charge on any atom is -0.478 e. The van der Waals surface area contributed by atoms with E-state index in [4.69, 9.17) is 0 Å². The molecule has 2 atom stereocenters. The molecule has 0 heterocycles. The molecule has 0 spiro atoms. The van der Waals surface area contributed by atoms with Crippen molar-refractivity contribution in [2.75, 3.05) is 19.7 Å². The molecule has 0 bridgehead atoms. The van der Waals surface area contributed by atoms with E-state index in [0.717, 1.165) is 28.8 Å². The smallest absolute Gasteiger partial charge is 0.416 e. The van der Waals surface area contributed by atoms with E-state index >= 15 is 0 Å². The summed E-state index contributed by atoms with van der Waals surface area (Å²) in [6.45, 7) is -0.457. The highest BCUT2D eigenvalue weighted by molar-refractivity contribution is 7.98. The second kappa shape index (κ2) is 15.5. The van der Waals surface area contributed by atoms with Crippen LogP contribution < -0.4 is 4.72 Å². The van der Waals surface area contributed by atoms with Crippen molar-refractivity contribution in [3.63, 3.8) is 0 Å². The lowest BCUT2D eigenvalue weighted by atomic mass is 9.99. The normalized spacial score (nSPS) is 13.3. The Morgan fingerprint density at radius 2 is 1.28 bits per heavy atom. The highest BCUT2D eigenvalue weighted by Crippen LogP contribution is 2.31. The zero-order chi connectivity index (χ0) is 35.9. The Hall–Kier alpha value is -5.23. The fraction of sp³-hybridized carbons (Fsp3) is 0.154. The van der Waals surface area contributed by atoms with Crippen molar-refractivity contribution in [2.24, 2.45) is 0 Å². The molecule has 0 aliphatic rings. The van der Waals surface area contributed by atoms with Crippen LogP contribution in [0.3, 0.4) is 0 Å². The number of amides is 1. The molecule has 258 valence electrons. The fourth-order valence-electron chi connectivity index (χ4n) is 5.62. The number of halogens is 3. The first-order valence-electron chi connectivity index (χ1n) is 15.7. The van der Waals surface area contributed by atoms with Crippen molar-refractivity contribution in [1.29, 1.82) is 0 Å². The second-order valence-electron chi connectivity index (χ2n) is 11.6. The number of hydrogen-bond acceptors (Lipinski definition) is 4. The van der Waals surface area contributed by atoms with Crippen molar-refractivity contribution < 1.29 is 37.2 Å². The van der Waals surface area contributed by atoms with Gasteiger partial charge in [0.1, 0.15) is 0 Å². The van der Waals surface area contributed by atoms with Crippen LogP contribution in [-0.2, 0) is 22.3 Å².